The summed E-state index contributed by atoms with van der Waals surface area (Å²) >= 11 is 6.21. The maximum atomic E-state index is 12.9. The van der Waals surface area contributed by atoms with E-state index in [1.807, 2.05) is 54.6 Å². The number of benzene rings is 2. The van der Waals surface area contributed by atoms with Gasteiger partial charge in [0, 0.05) is 23.5 Å². The Morgan fingerprint density at radius 1 is 1.10 bits per heavy atom. The molecule has 3 fully saturated rings. The fraction of sp³-hybridized carbons (Fsp3) is 0.391. The van der Waals surface area contributed by atoms with Crippen molar-refractivity contribution in [3.63, 3.8) is 0 Å². The van der Waals surface area contributed by atoms with Crippen LogP contribution in [0.4, 0.5) is 0 Å². The van der Waals surface area contributed by atoms with Crippen molar-refractivity contribution in [3.8, 4) is 0 Å². The summed E-state index contributed by atoms with van der Waals surface area (Å²) in [7, 11) is 0. The van der Waals surface area contributed by atoms with Crippen LogP contribution in [0.25, 0.3) is 0 Å². The number of nitrogens with zero attached hydrogens (tertiary/aromatic N) is 1. The van der Waals surface area contributed by atoms with Crippen LogP contribution >= 0.6 is 11.6 Å². The van der Waals surface area contributed by atoms with E-state index in [2.05, 4.69) is 26.6 Å². The lowest BCUT2D eigenvalue weighted by molar-refractivity contribution is -0.143. The van der Waals surface area contributed by atoms with Gasteiger partial charge < -0.3 is 10.6 Å². The summed E-state index contributed by atoms with van der Waals surface area (Å²) in [5.74, 6) is -0.152. The van der Waals surface area contributed by atoms with Gasteiger partial charge in [0.2, 0.25) is 11.8 Å². The quantitative estimate of drug-likeness (QED) is 0.587. The number of halogens is 1. The predicted octanol–water partition coefficient (Wildman–Crippen LogP) is 2.26. The molecule has 5 atom stereocenters. The van der Waals surface area contributed by atoms with Crippen molar-refractivity contribution in [1.29, 1.82) is 0 Å². The summed E-state index contributed by atoms with van der Waals surface area (Å²) in [6.45, 7) is 0.409. The highest BCUT2D eigenvalue weighted by Crippen LogP contribution is 2.38. The zero-order valence-corrected chi connectivity index (χ0v) is 17.8. The van der Waals surface area contributed by atoms with Crippen LogP contribution < -0.4 is 21.6 Å². The number of hydrogen-bond acceptors (Lipinski definition) is 5. The van der Waals surface area contributed by atoms with Gasteiger partial charge in [0.15, 0.2) is 0 Å². The Bertz CT molecular complexity index is 971. The van der Waals surface area contributed by atoms with Crippen molar-refractivity contribution >= 4 is 23.4 Å². The SMILES string of the molecule is O=C(NCc1ccccc1Cl)C1CCC2C(=O)NC3C(c4ccccc4)NNN3C2C1. The van der Waals surface area contributed by atoms with Gasteiger partial charge in [-0.1, -0.05) is 60.1 Å². The molecule has 2 heterocycles. The smallest absolute Gasteiger partial charge is 0.226 e. The lowest BCUT2D eigenvalue weighted by Gasteiger charge is -2.46. The van der Waals surface area contributed by atoms with Gasteiger partial charge >= 0.3 is 0 Å². The summed E-state index contributed by atoms with van der Waals surface area (Å²) in [6, 6.07) is 17.5. The van der Waals surface area contributed by atoms with Crippen LogP contribution in [0.15, 0.2) is 54.6 Å². The van der Waals surface area contributed by atoms with Crippen molar-refractivity contribution in [1.82, 2.24) is 26.6 Å². The molecule has 7 nitrogen and oxygen atoms in total. The second kappa shape index (κ2) is 8.59. The molecule has 2 aliphatic heterocycles. The Morgan fingerprint density at radius 2 is 1.87 bits per heavy atom. The zero-order valence-electron chi connectivity index (χ0n) is 17.1. The minimum Gasteiger partial charge on any atom is -0.352 e. The molecular weight excluding hydrogens is 414 g/mol. The summed E-state index contributed by atoms with van der Waals surface area (Å²) in [4.78, 5) is 25.8. The van der Waals surface area contributed by atoms with E-state index in [9.17, 15) is 9.59 Å². The molecule has 0 radical (unpaired) electrons. The topological polar surface area (TPSA) is 85.5 Å². The third-order valence-corrected chi connectivity index (χ3v) is 7.07. The van der Waals surface area contributed by atoms with E-state index in [-0.39, 0.29) is 41.9 Å². The monoisotopic (exact) mass is 439 g/mol. The predicted molar refractivity (Wildman–Crippen MR) is 117 cm³/mol. The molecule has 0 aromatic heterocycles. The van der Waals surface area contributed by atoms with E-state index < -0.39 is 0 Å². The normalized spacial score (nSPS) is 30.2. The first kappa shape index (κ1) is 20.5. The number of rotatable bonds is 4. The Balaban J connectivity index is 1.27. The number of carbonyl (C=O) groups excluding carboxylic acids is 2. The lowest BCUT2D eigenvalue weighted by Crippen LogP contribution is -2.65. The second-order valence-corrected chi connectivity index (χ2v) is 8.91. The third-order valence-electron chi connectivity index (χ3n) is 6.71. The van der Waals surface area contributed by atoms with Crippen LogP contribution in [-0.2, 0) is 16.1 Å². The van der Waals surface area contributed by atoms with Crippen LogP contribution in [0.5, 0.6) is 0 Å². The average molecular weight is 440 g/mol. The van der Waals surface area contributed by atoms with Crippen LogP contribution in [0.1, 0.15) is 36.4 Å². The molecule has 2 saturated heterocycles. The van der Waals surface area contributed by atoms with Crippen molar-refractivity contribution in [2.45, 2.75) is 44.1 Å². The Kier molecular flexibility index (Phi) is 5.67. The molecule has 1 aliphatic carbocycles. The minimum atomic E-state index is -0.193. The fourth-order valence-corrected chi connectivity index (χ4v) is 5.24. The first-order valence-corrected chi connectivity index (χ1v) is 11.2. The molecule has 2 aromatic rings. The Morgan fingerprint density at radius 3 is 2.68 bits per heavy atom. The zero-order chi connectivity index (χ0) is 21.4. The maximum absolute atomic E-state index is 12.9. The Labute approximate surface area is 186 Å². The number of hydrazine groups is 2. The van der Waals surface area contributed by atoms with Crippen LogP contribution in [0.3, 0.4) is 0 Å². The highest BCUT2D eigenvalue weighted by atomic mass is 35.5. The van der Waals surface area contributed by atoms with Crippen LogP contribution in [0, 0.1) is 11.8 Å². The van der Waals surface area contributed by atoms with E-state index >= 15 is 0 Å². The van der Waals surface area contributed by atoms with Gasteiger partial charge in [-0.2, -0.15) is 5.53 Å². The average Bonchev–Trinajstić information content (AvgIpc) is 3.22. The van der Waals surface area contributed by atoms with E-state index in [1.54, 1.807) is 0 Å². The number of hydrogen-bond donors (Lipinski definition) is 4. The van der Waals surface area contributed by atoms with E-state index in [1.165, 1.54) is 0 Å². The van der Waals surface area contributed by atoms with Gasteiger partial charge in [-0.25, -0.2) is 10.4 Å². The molecule has 3 aliphatic rings. The second-order valence-electron chi connectivity index (χ2n) is 8.50. The van der Waals surface area contributed by atoms with Crippen molar-refractivity contribution in [3.05, 3.63) is 70.7 Å². The van der Waals surface area contributed by atoms with Gasteiger partial charge in [0.1, 0.15) is 6.17 Å². The fourth-order valence-electron chi connectivity index (χ4n) is 5.04. The highest BCUT2D eigenvalue weighted by molar-refractivity contribution is 6.31. The number of amides is 2. The molecule has 1 saturated carbocycles. The lowest BCUT2D eigenvalue weighted by atomic mass is 9.75. The van der Waals surface area contributed by atoms with Crippen molar-refractivity contribution in [2.75, 3.05) is 0 Å². The first-order valence-electron chi connectivity index (χ1n) is 10.8. The third kappa shape index (κ3) is 3.94. The highest BCUT2D eigenvalue weighted by Gasteiger charge is 2.51. The molecule has 4 N–H and O–H groups in total. The van der Waals surface area contributed by atoms with Gasteiger partial charge in [-0.3, -0.25) is 9.59 Å². The van der Waals surface area contributed by atoms with Gasteiger partial charge in [0.05, 0.1) is 12.0 Å². The molecule has 0 bridgehead atoms. The summed E-state index contributed by atoms with van der Waals surface area (Å²) in [6.07, 6.45) is 1.85. The molecule has 8 heteroatoms. The number of nitrogens with one attached hydrogen (secondary N) is 4. The summed E-state index contributed by atoms with van der Waals surface area (Å²) < 4.78 is 0. The summed E-state index contributed by atoms with van der Waals surface area (Å²) in [5, 5.41) is 8.95. The van der Waals surface area contributed by atoms with Crippen LogP contribution in [-0.4, -0.2) is 29.0 Å². The molecule has 162 valence electrons. The van der Waals surface area contributed by atoms with Gasteiger partial charge in [-0.15, -0.1) is 0 Å². The largest absolute Gasteiger partial charge is 0.352 e. The molecule has 0 spiro atoms. The van der Waals surface area contributed by atoms with Gasteiger partial charge in [0.25, 0.3) is 0 Å². The molecular formula is C23H26ClN5O2. The summed E-state index contributed by atoms with van der Waals surface area (Å²) in [5.41, 5.74) is 8.59. The number of fused-ring (bicyclic) bond motifs is 3. The molecule has 2 aromatic carbocycles. The van der Waals surface area contributed by atoms with E-state index in [0.717, 1.165) is 11.1 Å². The standard InChI is InChI=1S/C23H26ClN5O2/c24-18-9-5-4-8-16(18)13-25-22(30)15-10-11-17-19(12-15)29-21(26-23(17)31)20(27-28-29)14-6-2-1-3-7-14/h1-9,15,17,19-21,27-28H,10-13H2,(H,25,30)(H,26,31). The molecule has 5 unspecified atom stereocenters. The van der Waals surface area contributed by atoms with Crippen LogP contribution in [0.2, 0.25) is 5.02 Å². The Hall–Kier alpha value is -2.45. The molecule has 31 heavy (non-hydrogen) atoms. The number of carbonyl (C=O) groups is 2. The minimum absolute atomic E-state index is 0.0210. The van der Waals surface area contributed by atoms with E-state index in [4.69, 9.17) is 11.6 Å². The van der Waals surface area contributed by atoms with Crippen molar-refractivity contribution < 1.29 is 9.59 Å². The van der Waals surface area contributed by atoms with Crippen molar-refractivity contribution in [2.24, 2.45) is 11.8 Å². The van der Waals surface area contributed by atoms with E-state index in [0.29, 0.717) is 30.8 Å². The first-order chi connectivity index (χ1) is 15.1. The maximum Gasteiger partial charge on any atom is 0.226 e. The molecule has 5 rings (SSSR count). The van der Waals surface area contributed by atoms with Gasteiger partial charge in [-0.05, 0) is 36.5 Å². The molecule has 2 amide bonds.